The number of nitrogens with one attached hydrogen (secondary N) is 2. The van der Waals surface area contributed by atoms with Gasteiger partial charge in [-0.3, -0.25) is 4.79 Å². The average Bonchev–Trinajstić information content (AvgIpc) is 3.27. The SMILES string of the molecule is C[C@H](Nc1ncnn2ccnc12)c1nc2cccc(Cl)c2c(=O)n1N(C)CCNC(=O)OC(C)(C)C. The number of carbonyl (C=O) groups is 1. The Morgan fingerprint density at radius 1 is 1.28 bits per heavy atom. The van der Waals surface area contributed by atoms with E-state index < -0.39 is 17.7 Å². The minimum Gasteiger partial charge on any atom is -0.444 e. The van der Waals surface area contributed by atoms with Gasteiger partial charge in [0.05, 0.1) is 28.5 Å². The number of nitrogens with zero attached hydrogens (tertiary/aromatic N) is 7. The van der Waals surface area contributed by atoms with Gasteiger partial charge in [0.15, 0.2) is 17.3 Å². The van der Waals surface area contributed by atoms with Gasteiger partial charge >= 0.3 is 6.09 Å². The number of carbonyl (C=O) groups excluding carboxylic acids is 1. The molecule has 0 radical (unpaired) electrons. The zero-order valence-corrected chi connectivity index (χ0v) is 21.4. The van der Waals surface area contributed by atoms with Crippen LogP contribution in [0.4, 0.5) is 10.6 Å². The Kier molecular flexibility index (Phi) is 6.97. The van der Waals surface area contributed by atoms with Crippen molar-refractivity contribution in [3.05, 3.63) is 58.1 Å². The summed E-state index contributed by atoms with van der Waals surface area (Å²) >= 11 is 6.37. The largest absolute Gasteiger partial charge is 0.444 e. The van der Waals surface area contributed by atoms with Crippen LogP contribution in [0.25, 0.3) is 16.6 Å². The molecule has 3 heterocycles. The Balaban J connectivity index is 1.67. The van der Waals surface area contributed by atoms with Crippen molar-refractivity contribution in [3.63, 3.8) is 0 Å². The molecule has 2 N–H and O–H groups in total. The van der Waals surface area contributed by atoms with Crippen molar-refractivity contribution in [1.29, 1.82) is 0 Å². The molecule has 190 valence electrons. The molecule has 0 spiro atoms. The number of benzene rings is 1. The summed E-state index contributed by atoms with van der Waals surface area (Å²) in [4.78, 5) is 39.0. The van der Waals surface area contributed by atoms with Crippen LogP contribution >= 0.6 is 11.6 Å². The maximum absolute atomic E-state index is 13.6. The van der Waals surface area contributed by atoms with E-state index in [1.807, 2.05) is 6.92 Å². The van der Waals surface area contributed by atoms with Crippen LogP contribution in [-0.2, 0) is 4.74 Å². The first-order valence-corrected chi connectivity index (χ1v) is 11.7. The third kappa shape index (κ3) is 5.33. The van der Waals surface area contributed by atoms with Gasteiger partial charge in [-0.05, 0) is 39.8 Å². The minimum atomic E-state index is -0.610. The van der Waals surface area contributed by atoms with Gasteiger partial charge in [-0.25, -0.2) is 28.9 Å². The molecule has 1 amide bonds. The lowest BCUT2D eigenvalue weighted by Crippen LogP contribution is -2.47. The number of imidazole rings is 1. The Labute approximate surface area is 212 Å². The van der Waals surface area contributed by atoms with Gasteiger partial charge in [-0.1, -0.05) is 17.7 Å². The maximum Gasteiger partial charge on any atom is 0.407 e. The van der Waals surface area contributed by atoms with Crippen molar-refractivity contribution in [2.75, 3.05) is 30.5 Å². The van der Waals surface area contributed by atoms with E-state index in [9.17, 15) is 9.59 Å². The molecular weight excluding hydrogens is 486 g/mol. The Bertz CT molecular complexity index is 1460. The summed E-state index contributed by atoms with van der Waals surface area (Å²) in [7, 11) is 1.73. The van der Waals surface area contributed by atoms with Crippen LogP contribution in [0.3, 0.4) is 0 Å². The first-order valence-electron chi connectivity index (χ1n) is 11.4. The van der Waals surface area contributed by atoms with Crippen LogP contribution in [0.5, 0.6) is 0 Å². The number of aromatic nitrogens is 6. The molecule has 0 saturated carbocycles. The number of hydrogen-bond acceptors (Lipinski definition) is 9. The van der Waals surface area contributed by atoms with Crippen LogP contribution in [0.2, 0.25) is 5.02 Å². The lowest BCUT2D eigenvalue weighted by molar-refractivity contribution is 0.0529. The quantitative estimate of drug-likeness (QED) is 0.382. The number of rotatable bonds is 7. The number of halogens is 1. The molecule has 0 saturated heterocycles. The van der Waals surface area contributed by atoms with Crippen molar-refractivity contribution in [2.45, 2.75) is 39.3 Å². The molecule has 0 unspecified atom stereocenters. The first kappa shape index (κ1) is 25.2. The number of amides is 1. The second-order valence-corrected chi connectivity index (χ2v) is 9.61. The second-order valence-electron chi connectivity index (χ2n) is 9.20. The molecule has 12 nitrogen and oxygen atoms in total. The van der Waals surface area contributed by atoms with Gasteiger partial charge in [0.2, 0.25) is 0 Å². The average molecular weight is 514 g/mol. The summed E-state index contributed by atoms with van der Waals surface area (Å²) in [5.74, 6) is 0.918. The summed E-state index contributed by atoms with van der Waals surface area (Å²) in [6.07, 6.45) is 4.21. The number of alkyl carbamates (subject to hydrolysis) is 1. The molecule has 13 heteroatoms. The fraction of sp³-hybridized carbons (Fsp3) is 0.391. The Morgan fingerprint density at radius 3 is 2.81 bits per heavy atom. The van der Waals surface area contributed by atoms with E-state index in [2.05, 4.69) is 25.7 Å². The Morgan fingerprint density at radius 2 is 2.06 bits per heavy atom. The van der Waals surface area contributed by atoms with E-state index in [0.717, 1.165) is 0 Å². The molecule has 36 heavy (non-hydrogen) atoms. The highest BCUT2D eigenvalue weighted by Crippen LogP contribution is 2.23. The molecule has 4 rings (SSSR count). The Hall–Kier alpha value is -3.93. The summed E-state index contributed by atoms with van der Waals surface area (Å²) < 4.78 is 8.33. The molecule has 0 bridgehead atoms. The lowest BCUT2D eigenvalue weighted by Gasteiger charge is -2.28. The summed E-state index contributed by atoms with van der Waals surface area (Å²) in [5.41, 5.74) is 0.0718. The van der Waals surface area contributed by atoms with E-state index in [4.69, 9.17) is 21.3 Å². The molecule has 0 aliphatic carbocycles. The normalized spacial score (nSPS) is 12.5. The number of anilines is 1. The predicted octanol–water partition coefficient (Wildman–Crippen LogP) is 2.75. The lowest BCUT2D eigenvalue weighted by atomic mass is 10.2. The number of likely N-dealkylation sites (N-methyl/N-ethyl adjacent to an activating group) is 1. The highest BCUT2D eigenvalue weighted by molar-refractivity contribution is 6.35. The van der Waals surface area contributed by atoms with E-state index in [-0.39, 0.29) is 12.1 Å². The molecule has 1 atom stereocenters. The summed E-state index contributed by atoms with van der Waals surface area (Å²) in [6, 6.07) is 4.68. The predicted molar refractivity (Wildman–Crippen MR) is 137 cm³/mol. The highest BCUT2D eigenvalue weighted by atomic mass is 35.5. The summed E-state index contributed by atoms with van der Waals surface area (Å²) in [5, 5.41) is 12.4. The van der Waals surface area contributed by atoms with Crippen LogP contribution in [0.15, 0.2) is 41.7 Å². The van der Waals surface area contributed by atoms with E-state index in [1.54, 1.807) is 67.9 Å². The van der Waals surface area contributed by atoms with Crippen LogP contribution in [0.1, 0.15) is 39.6 Å². The topological polar surface area (TPSA) is 132 Å². The van der Waals surface area contributed by atoms with E-state index >= 15 is 0 Å². The molecule has 0 aliphatic heterocycles. The van der Waals surface area contributed by atoms with Crippen LogP contribution in [0, 0.1) is 0 Å². The smallest absolute Gasteiger partial charge is 0.407 e. The van der Waals surface area contributed by atoms with Crippen molar-refractivity contribution in [2.24, 2.45) is 0 Å². The molecule has 0 aliphatic rings. The maximum atomic E-state index is 13.6. The number of fused-ring (bicyclic) bond motifs is 2. The zero-order chi connectivity index (χ0) is 26.0. The molecule has 0 fully saturated rings. The minimum absolute atomic E-state index is 0.236. The van der Waals surface area contributed by atoms with Gasteiger partial charge in [0.25, 0.3) is 5.56 Å². The van der Waals surface area contributed by atoms with Gasteiger partial charge in [-0.2, -0.15) is 5.10 Å². The standard InChI is InChI=1S/C23H28ClN9O3/c1-14(29-18-20-25-10-12-32(20)28-13-27-18)19-30-16-8-6-7-15(24)17(16)21(34)33(19)31(5)11-9-26-22(35)36-23(2,3)4/h6-8,10,12-14H,9,11H2,1-5H3,(H,26,35)(H,27,28,29)/t14-/m0/s1. The fourth-order valence-electron chi connectivity index (χ4n) is 3.67. The van der Waals surface area contributed by atoms with Crippen LogP contribution < -0.4 is 21.2 Å². The van der Waals surface area contributed by atoms with Gasteiger partial charge in [-0.15, -0.1) is 0 Å². The zero-order valence-electron chi connectivity index (χ0n) is 20.7. The third-order valence-corrected chi connectivity index (χ3v) is 5.55. The molecule has 1 aromatic carbocycles. The monoisotopic (exact) mass is 513 g/mol. The first-order chi connectivity index (χ1) is 17.0. The molecule has 3 aromatic heterocycles. The van der Waals surface area contributed by atoms with Crippen molar-refractivity contribution >= 4 is 40.1 Å². The van der Waals surface area contributed by atoms with Gasteiger partial charge in [0, 0.05) is 26.0 Å². The van der Waals surface area contributed by atoms with Gasteiger partial charge in [0.1, 0.15) is 11.9 Å². The molecular formula is C23H28ClN9O3. The molecule has 4 aromatic rings. The van der Waals surface area contributed by atoms with Crippen molar-refractivity contribution in [3.8, 4) is 0 Å². The van der Waals surface area contributed by atoms with E-state index in [0.29, 0.717) is 39.8 Å². The summed E-state index contributed by atoms with van der Waals surface area (Å²) in [6.45, 7) is 7.77. The number of hydrogen-bond donors (Lipinski definition) is 2. The number of ether oxygens (including phenoxy) is 1. The fourth-order valence-corrected chi connectivity index (χ4v) is 3.92. The van der Waals surface area contributed by atoms with Gasteiger partial charge < -0.3 is 20.4 Å². The third-order valence-electron chi connectivity index (χ3n) is 5.23. The van der Waals surface area contributed by atoms with Crippen molar-refractivity contribution in [1.82, 2.24) is 34.6 Å². The second kappa shape index (κ2) is 9.97. The van der Waals surface area contributed by atoms with Crippen LogP contribution in [-0.4, -0.2) is 61.1 Å². The highest BCUT2D eigenvalue weighted by Gasteiger charge is 2.22. The van der Waals surface area contributed by atoms with E-state index in [1.165, 1.54) is 11.0 Å². The van der Waals surface area contributed by atoms with Crippen molar-refractivity contribution < 1.29 is 9.53 Å².